The van der Waals surface area contributed by atoms with Crippen LogP contribution in [0.4, 0.5) is 5.82 Å². The molecule has 3 aromatic rings. The molecule has 170 valence electrons. The molecular formula is C23H30Cl4N4. The van der Waals surface area contributed by atoms with Gasteiger partial charge in [0.05, 0.1) is 5.52 Å². The summed E-state index contributed by atoms with van der Waals surface area (Å²) in [6.07, 6.45) is 8.50. The van der Waals surface area contributed by atoms with Crippen LogP contribution in [0.5, 0.6) is 0 Å². The molecule has 8 heteroatoms. The van der Waals surface area contributed by atoms with Crippen LogP contribution < -0.4 is 11.1 Å². The van der Waals surface area contributed by atoms with Crippen LogP contribution in [0.25, 0.3) is 23.1 Å². The summed E-state index contributed by atoms with van der Waals surface area (Å²) in [7, 11) is 0. The average Bonchev–Trinajstić information content (AvgIpc) is 2.70. The summed E-state index contributed by atoms with van der Waals surface area (Å²) >= 11 is 5.95. The zero-order valence-corrected chi connectivity index (χ0v) is 20.7. The van der Waals surface area contributed by atoms with Crippen molar-refractivity contribution >= 4 is 77.7 Å². The van der Waals surface area contributed by atoms with Gasteiger partial charge in [0, 0.05) is 17.0 Å². The largest absolute Gasteiger partial charge is 0.369 e. The summed E-state index contributed by atoms with van der Waals surface area (Å²) in [6, 6.07) is 13.9. The molecule has 0 aliphatic heterocycles. The number of aromatic nitrogens is 2. The Kier molecular flexibility index (Phi) is 14.5. The minimum absolute atomic E-state index is 0. The molecule has 0 amide bonds. The fraction of sp³-hybridized carbons (Fsp3) is 0.304. The van der Waals surface area contributed by atoms with Crippen LogP contribution in [0.3, 0.4) is 0 Å². The number of benzene rings is 2. The predicted molar refractivity (Wildman–Crippen MR) is 142 cm³/mol. The van der Waals surface area contributed by atoms with Gasteiger partial charge in [-0.15, -0.1) is 37.2 Å². The van der Waals surface area contributed by atoms with E-state index in [1.165, 1.54) is 18.4 Å². The van der Waals surface area contributed by atoms with E-state index in [1.54, 1.807) is 0 Å². The molecule has 0 saturated carbocycles. The van der Waals surface area contributed by atoms with Crippen molar-refractivity contribution in [1.29, 1.82) is 0 Å². The molecule has 0 saturated heterocycles. The molecule has 0 unspecified atom stereocenters. The molecule has 0 aliphatic carbocycles. The second kappa shape index (κ2) is 15.3. The number of anilines is 1. The zero-order valence-electron chi connectivity index (χ0n) is 17.5. The molecule has 0 fully saturated rings. The minimum Gasteiger partial charge on any atom is -0.369 e. The van der Waals surface area contributed by atoms with E-state index < -0.39 is 0 Å². The molecule has 0 radical (unpaired) electrons. The molecule has 4 nitrogen and oxygen atoms in total. The smallest absolute Gasteiger partial charge is 0.154 e. The van der Waals surface area contributed by atoms with E-state index in [0.717, 1.165) is 53.2 Å². The first kappa shape index (κ1) is 29.4. The third-order valence-corrected chi connectivity index (χ3v) is 4.92. The van der Waals surface area contributed by atoms with Crippen LogP contribution in [0.1, 0.15) is 42.6 Å². The van der Waals surface area contributed by atoms with Crippen LogP contribution in [-0.2, 0) is 0 Å². The number of hydrogen-bond donors (Lipinski definition) is 2. The van der Waals surface area contributed by atoms with E-state index in [1.807, 2.05) is 48.6 Å². The van der Waals surface area contributed by atoms with Crippen LogP contribution >= 0.6 is 48.8 Å². The number of aryl methyl sites for hydroxylation is 1. The molecule has 0 aliphatic rings. The quantitative estimate of drug-likeness (QED) is 0.310. The number of unbranched alkanes of at least 4 members (excludes halogenated alkanes) is 3. The van der Waals surface area contributed by atoms with Gasteiger partial charge in [0.2, 0.25) is 0 Å². The molecule has 31 heavy (non-hydrogen) atoms. The minimum atomic E-state index is 0. The summed E-state index contributed by atoms with van der Waals surface area (Å²) < 4.78 is 0. The summed E-state index contributed by atoms with van der Waals surface area (Å²) in [6.45, 7) is 3.76. The molecule has 3 rings (SSSR count). The van der Waals surface area contributed by atoms with Crippen molar-refractivity contribution in [3.05, 3.63) is 64.4 Å². The highest BCUT2D eigenvalue weighted by atomic mass is 35.5. The highest BCUT2D eigenvalue weighted by Gasteiger charge is 2.08. The van der Waals surface area contributed by atoms with Gasteiger partial charge < -0.3 is 11.1 Å². The van der Waals surface area contributed by atoms with Gasteiger partial charge in [0.15, 0.2) is 5.82 Å². The lowest BCUT2D eigenvalue weighted by atomic mass is 10.1. The van der Waals surface area contributed by atoms with Crippen LogP contribution in [0.15, 0.2) is 42.5 Å². The Bertz CT molecular complexity index is 946. The molecular weight excluding hydrogens is 474 g/mol. The van der Waals surface area contributed by atoms with Gasteiger partial charge in [-0.05, 0) is 61.7 Å². The lowest BCUT2D eigenvalue weighted by molar-refractivity contribution is 0.661. The Hall–Kier alpha value is -1.56. The number of halogens is 4. The molecule has 3 N–H and O–H groups in total. The van der Waals surface area contributed by atoms with Gasteiger partial charge in [0.25, 0.3) is 0 Å². The highest BCUT2D eigenvalue weighted by Crippen LogP contribution is 2.25. The van der Waals surface area contributed by atoms with Crippen molar-refractivity contribution in [1.82, 2.24) is 9.97 Å². The normalized spacial score (nSPS) is 10.3. The summed E-state index contributed by atoms with van der Waals surface area (Å²) in [5.41, 5.74) is 8.76. The predicted octanol–water partition coefficient (Wildman–Crippen LogP) is 6.96. The summed E-state index contributed by atoms with van der Waals surface area (Å²) in [4.78, 5) is 9.49. The van der Waals surface area contributed by atoms with E-state index in [2.05, 4.69) is 18.3 Å². The lowest BCUT2D eigenvalue weighted by Gasteiger charge is -2.11. The number of nitrogens with one attached hydrogen (secondary N) is 1. The van der Waals surface area contributed by atoms with Gasteiger partial charge >= 0.3 is 0 Å². The van der Waals surface area contributed by atoms with E-state index in [-0.39, 0.29) is 37.2 Å². The topological polar surface area (TPSA) is 63.8 Å². The zero-order chi connectivity index (χ0) is 19.8. The maximum Gasteiger partial charge on any atom is 0.154 e. The van der Waals surface area contributed by atoms with Crippen molar-refractivity contribution in [2.75, 3.05) is 18.4 Å². The Balaban J connectivity index is 0.00000300. The number of nitrogens with zero attached hydrogens (tertiary/aromatic N) is 2. The third-order valence-electron chi connectivity index (χ3n) is 4.67. The van der Waals surface area contributed by atoms with Crippen LogP contribution in [0.2, 0.25) is 5.02 Å². The Labute approximate surface area is 208 Å². The Morgan fingerprint density at radius 3 is 2.32 bits per heavy atom. The fourth-order valence-corrected chi connectivity index (χ4v) is 3.28. The maximum absolute atomic E-state index is 5.95. The van der Waals surface area contributed by atoms with Gasteiger partial charge in [-0.3, -0.25) is 0 Å². The molecule has 2 aromatic carbocycles. The standard InChI is InChI=1S/C23H27ClN4.3ClH/c1-17-7-6-8-20-22(17)23(26-16-5-3-2-4-15-25)28-21(27-20)14-11-18-9-12-19(24)13-10-18;;;/h6-14H,2-5,15-16,25H2,1H3,(H,26,27,28);3*1H/b14-11+;;;. The first-order valence-corrected chi connectivity index (χ1v) is 10.2. The number of rotatable bonds is 9. The maximum atomic E-state index is 5.95. The van der Waals surface area contributed by atoms with Crippen molar-refractivity contribution in [2.45, 2.75) is 32.6 Å². The molecule has 0 bridgehead atoms. The second-order valence-electron chi connectivity index (χ2n) is 6.91. The van der Waals surface area contributed by atoms with E-state index in [0.29, 0.717) is 5.82 Å². The summed E-state index contributed by atoms with van der Waals surface area (Å²) in [5, 5.41) is 5.34. The van der Waals surface area contributed by atoms with Crippen molar-refractivity contribution in [2.24, 2.45) is 5.73 Å². The lowest BCUT2D eigenvalue weighted by Crippen LogP contribution is -2.07. The number of hydrogen-bond acceptors (Lipinski definition) is 4. The van der Waals surface area contributed by atoms with Gasteiger partial charge in [0.1, 0.15) is 5.82 Å². The monoisotopic (exact) mass is 502 g/mol. The number of nitrogens with two attached hydrogens (primary N) is 1. The van der Waals surface area contributed by atoms with Crippen LogP contribution in [-0.4, -0.2) is 23.1 Å². The molecule has 0 atom stereocenters. The highest BCUT2D eigenvalue weighted by molar-refractivity contribution is 6.30. The van der Waals surface area contributed by atoms with Crippen LogP contribution in [0, 0.1) is 6.92 Å². The molecule has 1 heterocycles. The van der Waals surface area contributed by atoms with Crippen molar-refractivity contribution in [3.8, 4) is 0 Å². The van der Waals surface area contributed by atoms with E-state index in [4.69, 9.17) is 27.3 Å². The number of fused-ring (bicyclic) bond motifs is 1. The SMILES string of the molecule is Cc1cccc2nc(/C=C/c3ccc(Cl)cc3)nc(NCCCCCCN)c12.Cl.Cl.Cl. The molecule has 1 aromatic heterocycles. The van der Waals surface area contributed by atoms with E-state index >= 15 is 0 Å². The van der Waals surface area contributed by atoms with Gasteiger partial charge in [-0.1, -0.05) is 54.8 Å². The first-order chi connectivity index (χ1) is 13.7. The summed E-state index contributed by atoms with van der Waals surface area (Å²) in [5.74, 6) is 1.59. The molecule has 0 spiro atoms. The van der Waals surface area contributed by atoms with Gasteiger partial charge in [-0.2, -0.15) is 0 Å². The third kappa shape index (κ3) is 8.83. The van der Waals surface area contributed by atoms with Gasteiger partial charge in [-0.25, -0.2) is 9.97 Å². The fourth-order valence-electron chi connectivity index (χ4n) is 3.15. The first-order valence-electron chi connectivity index (χ1n) is 9.82. The van der Waals surface area contributed by atoms with E-state index in [9.17, 15) is 0 Å². The Morgan fingerprint density at radius 1 is 0.903 bits per heavy atom. The second-order valence-corrected chi connectivity index (χ2v) is 7.35. The average molecular weight is 504 g/mol. The van der Waals surface area contributed by atoms with Crippen molar-refractivity contribution < 1.29 is 0 Å². The Morgan fingerprint density at radius 2 is 1.61 bits per heavy atom. The van der Waals surface area contributed by atoms with Crippen molar-refractivity contribution in [3.63, 3.8) is 0 Å².